The highest BCUT2D eigenvalue weighted by molar-refractivity contribution is 9.10. The van der Waals surface area contributed by atoms with Crippen LogP contribution in [0.2, 0.25) is 0 Å². The molecule has 2 aromatic rings. The monoisotopic (exact) mass is 301 g/mol. The van der Waals surface area contributed by atoms with E-state index in [4.69, 9.17) is 4.52 Å². The normalized spacial score (nSPS) is 10.3. The lowest BCUT2D eigenvalue weighted by Gasteiger charge is -1.96. The van der Waals surface area contributed by atoms with Crippen molar-refractivity contribution in [1.82, 2.24) is 5.16 Å². The van der Waals surface area contributed by atoms with Crippen molar-refractivity contribution in [3.8, 4) is 11.1 Å². The molecule has 0 saturated heterocycles. The first kappa shape index (κ1) is 8.97. The summed E-state index contributed by atoms with van der Waals surface area (Å²) in [6, 6.07) is 7.96. The highest BCUT2D eigenvalue weighted by Gasteiger charge is 2.06. The topological polar surface area (TPSA) is 26.0 Å². The van der Waals surface area contributed by atoms with Crippen molar-refractivity contribution >= 4 is 31.9 Å². The zero-order valence-corrected chi connectivity index (χ0v) is 9.67. The molecule has 0 aliphatic carbocycles. The summed E-state index contributed by atoms with van der Waals surface area (Å²) < 4.78 is 6.61. The van der Waals surface area contributed by atoms with E-state index in [1.54, 1.807) is 6.20 Å². The van der Waals surface area contributed by atoms with Gasteiger partial charge < -0.3 is 4.52 Å². The zero-order valence-electron chi connectivity index (χ0n) is 6.50. The van der Waals surface area contributed by atoms with Crippen molar-refractivity contribution in [2.75, 3.05) is 0 Å². The quantitative estimate of drug-likeness (QED) is 0.799. The summed E-state index contributed by atoms with van der Waals surface area (Å²) in [4.78, 5) is 0. The molecule has 0 aliphatic rings. The van der Waals surface area contributed by atoms with E-state index in [1.807, 2.05) is 24.3 Å². The second-order valence-corrected chi connectivity index (χ2v) is 4.16. The van der Waals surface area contributed by atoms with E-state index in [-0.39, 0.29) is 0 Å². The first-order valence-electron chi connectivity index (χ1n) is 3.63. The van der Waals surface area contributed by atoms with Gasteiger partial charge in [-0.2, -0.15) is 0 Å². The van der Waals surface area contributed by atoms with Gasteiger partial charge in [0.25, 0.3) is 0 Å². The van der Waals surface area contributed by atoms with Gasteiger partial charge in [0, 0.05) is 4.47 Å². The predicted molar refractivity (Wildman–Crippen MR) is 57.3 cm³/mol. The van der Waals surface area contributed by atoms with Gasteiger partial charge in [-0.3, -0.25) is 0 Å². The second-order valence-electron chi connectivity index (χ2n) is 2.52. The number of rotatable bonds is 1. The van der Waals surface area contributed by atoms with Crippen LogP contribution in [-0.4, -0.2) is 5.16 Å². The Kier molecular flexibility index (Phi) is 2.51. The molecule has 0 fully saturated rings. The fourth-order valence-corrected chi connectivity index (χ4v) is 1.88. The standard InChI is InChI=1S/C9H5Br2NO/c10-7-3-1-2-6(4-7)8-5-12-13-9(8)11/h1-5H. The third-order valence-corrected chi connectivity index (χ3v) is 2.73. The maximum Gasteiger partial charge on any atom is 0.209 e. The molecule has 1 aromatic carbocycles. The summed E-state index contributed by atoms with van der Waals surface area (Å²) in [6.07, 6.45) is 1.69. The molecule has 0 N–H and O–H groups in total. The summed E-state index contributed by atoms with van der Waals surface area (Å²) >= 11 is 6.69. The van der Waals surface area contributed by atoms with Crippen LogP contribution in [-0.2, 0) is 0 Å². The number of aromatic nitrogens is 1. The van der Waals surface area contributed by atoms with Gasteiger partial charge in [0.1, 0.15) is 0 Å². The van der Waals surface area contributed by atoms with Crippen LogP contribution in [0.4, 0.5) is 0 Å². The molecule has 0 saturated carbocycles. The van der Waals surface area contributed by atoms with Crippen LogP contribution in [0.15, 0.2) is 44.1 Å². The van der Waals surface area contributed by atoms with Crippen molar-refractivity contribution in [3.05, 3.63) is 39.6 Å². The summed E-state index contributed by atoms with van der Waals surface area (Å²) in [5.74, 6) is 0. The molecule has 0 amide bonds. The first-order chi connectivity index (χ1) is 6.27. The van der Waals surface area contributed by atoms with E-state index in [0.29, 0.717) is 4.67 Å². The predicted octanol–water partition coefficient (Wildman–Crippen LogP) is 3.87. The van der Waals surface area contributed by atoms with Crippen molar-refractivity contribution in [2.24, 2.45) is 0 Å². The number of halogens is 2. The molecule has 0 spiro atoms. The fraction of sp³-hybridized carbons (Fsp3) is 0. The maximum atomic E-state index is 4.91. The molecule has 0 aliphatic heterocycles. The van der Waals surface area contributed by atoms with Crippen molar-refractivity contribution < 1.29 is 4.52 Å². The molecule has 2 nitrogen and oxygen atoms in total. The minimum Gasteiger partial charge on any atom is -0.349 e. The fourth-order valence-electron chi connectivity index (χ4n) is 1.07. The molecule has 0 unspecified atom stereocenters. The highest BCUT2D eigenvalue weighted by Crippen LogP contribution is 2.29. The molecule has 0 radical (unpaired) electrons. The lowest BCUT2D eigenvalue weighted by molar-refractivity contribution is 0.400. The summed E-state index contributed by atoms with van der Waals surface area (Å²) in [7, 11) is 0. The molecule has 66 valence electrons. The van der Waals surface area contributed by atoms with Crippen LogP contribution < -0.4 is 0 Å². The number of benzene rings is 1. The van der Waals surface area contributed by atoms with Gasteiger partial charge in [-0.15, -0.1) is 0 Å². The van der Waals surface area contributed by atoms with Crippen molar-refractivity contribution in [1.29, 1.82) is 0 Å². The van der Waals surface area contributed by atoms with Crippen LogP contribution in [0.5, 0.6) is 0 Å². The minimum atomic E-state index is 0.658. The lowest BCUT2D eigenvalue weighted by atomic mass is 10.1. The van der Waals surface area contributed by atoms with E-state index in [9.17, 15) is 0 Å². The summed E-state index contributed by atoms with van der Waals surface area (Å²) in [5.41, 5.74) is 2.03. The summed E-state index contributed by atoms with van der Waals surface area (Å²) in [5, 5.41) is 3.69. The average molecular weight is 303 g/mol. The van der Waals surface area contributed by atoms with Crippen LogP contribution >= 0.6 is 31.9 Å². The lowest BCUT2D eigenvalue weighted by Crippen LogP contribution is -1.74. The minimum absolute atomic E-state index is 0.658. The molecule has 0 bridgehead atoms. The van der Waals surface area contributed by atoms with Gasteiger partial charge in [0.05, 0.1) is 11.8 Å². The molecule has 1 heterocycles. The molecule has 4 heteroatoms. The number of hydrogen-bond donors (Lipinski definition) is 0. The van der Waals surface area contributed by atoms with E-state index in [1.165, 1.54) is 0 Å². The molecular formula is C9H5Br2NO. The maximum absolute atomic E-state index is 4.91. The molecular weight excluding hydrogens is 298 g/mol. The van der Waals surface area contributed by atoms with Crippen LogP contribution in [0.25, 0.3) is 11.1 Å². The van der Waals surface area contributed by atoms with E-state index in [2.05, 4.69) is 37.0 Å². The van der Waals surface area contributed by atoms with E-state index >= 15 is 0 Å². The largest absolute Gasteiger partial charge is 0.349 e. The second kappa shape index (κ2) is 3.64. The highest BCUT2D eigenvalue weighted by atomic mass is 79.9. The van der Waals surface area contributed by atoms with Crippen molar-refractivity contribution in [2.45, 2.75) is 0 Å². The van der Waals surface area contributed by atoms with E-state index in [0.717, 1.165) is 15.6 Å². The van der Waals surface area contributed by atoms with Gasteiger partial charge in [-0.05, 0) is 33.6 Å². The molecule has 2 rings (SSSR count). The Balaban J connectivity index is 2.53. The third kappa shape index (κ3) is 1.84. The Labute approximate surface area is 92.2 Å². The first-order valence-corrected chi connectivity index (χ1v) is 5.22. The van der Waals surface area contributed by atoms with Crippen LogP contribution in [0, 0.1) is 0 Å². The third-order valence-electron chi connectivity index (χ3n) is 1.66. The van der Waals surface area contributed by atoms with Crippen LogP contribution in [0.1, 0.15) is 0 Å². The van der Waals surface area contributed by atoms with Gasteiger partial charge in [0.2, 0.25) is 4.67 Å². The average Bonchev–Trinajstić information content (AvgIpc) is 2.51. The van der Waals surface area contributed by atoms with Gasteiger partial charge in [0.15, 0.2) is 0 Å². The molecule has 0 atom stereocenters. The van der Waals surface area contributed by atoms with Gasteiger partial charge in [-0.1, -0.05) is 33.2 Å². The SMILES string of the molecule is Brc1cccc(-c2cnoc2Br)c1. The molecule has 13 heavy (non-hydrogen) atoms. The summed E-state index contributed by atoms with van der Waals surface area (Å²) in [6.45, 7) is 0. The Morgan fingerprint density at radius 3 is 2.69 bits per heavy atom. The van der Waals surface area contributed by atoms with Gasteiger partial charge >= 0.3 is 0 Å². The van der Waals surface area contributed by atoms with E-state index < -0.39 is 0 Å². The zero-order chi connectivity index (χ0) is 9.26. The van der Waals surface area contributed by atoms with Gasteiger partial charge in [-0.25, -0.2) is 0 Å². The number of hydrogen-bond acceptors (Lipinski definition) is 2. The number of nitrogens with zero attached hydrogens (tertiary/aromatic N) is 1. The van der Waals surface area contributed by atoms with Crippen molar-refractivity contribution in [3.63, 3.8) is 0 Å². The Hall–Kier alpha value is -0.610. The smallest absolute Gasteiger partial charge is 0.209 e. The Morgan fingerprint density at radius 1 is 1.23 bits per heavy atom. The Bertz CT molecular complexity index is 425. The molecule has 1 aromatic heterocycles. The van der Waals surface area contributed by atoms with Crippen LogP contribution in [0.3, 0.4) is 0 Å². The Morgan fingerprint density at radius 2 is 2.08 bits per heavy atom.